The van der Waals surface area contributed by atoms with Crippen LogP contribution in [-0.4, -0.2) is 44.5 Å². The molecule has 2 saturated heterocycles. The molecule has 2 heterocycles. The summed E-state index contributed by atoms with van der Waals surface area (Å²) >= 11 is 0. The zero-order valence-corrected chi connectivity index (χ0v) is 11.6. The van der Waals surface area contributed by atoms with Gasteiger partial charge in [-0.2, -0.15) is 0 Å². The van der Waals surface area contributed by atoms with Gasteiger partial charge >= 0.3 is 0 Å². The molecular formula is C12H22N2O3S. The number of rotatable bonds is 3. The Morgan fingerprint density at radius 1 is 1.33 bits per heavy atom. The summed E-state index contributed by atoms with van der Waals surface area (Å²) in [5.41, 5.74) is 0. The van der Waals surface area contributed by atoms with Crippen LogP contribution in [0.15, 0.2) is 0 Å². The van der Waals surface area contributed by atoms with Crippen LogP contribution in [0.1, 0.15) is 32.6 Å². The molecule has 0 aromatic carbocycles. The topological polar surface area (TPSA) is 75.3 Å². The van der Waals surface area contributed by atoms with Crippen molar-refractivity contribution in [1.82, 2.24) is 10.6 Å². The van der Waals surface area contributed by atoms with Gasteiger partial charge in [0.05, 0.1) is 17.4 Å². The lowest BCUT2D eigenvalue weighted by Crippen LogP contribution is -2.51. The molecular weight excluding hydrogens is 252 g/mol. The minimum absolute atomic E-state index is 0.0175. The standard InChI is InChI=1S/C12H22N2O3S/c1-9(11-4-2-3-6-13-11)14-12(15)10-5-7-18(16,17)8-10/h9-11,13H,2-8H2,1H3,(H,14,15). The van der Waals surface area contributed by atoms with Crippen LogP contribution in [0.2, 0.25) is 0 Å². The Bertz CT molecular complexity index is 402. The summed E-state index contributed by atoms with van der Waals surface area (Å²) in [6.07, 6.45) is 3.93. The van der Waals surface area contributed by atoms with Crippen LogP contribution in [-0.2, 0) is 14.6 Å². The quantitative estimate of drug-likeness (QED) is 0.763. The summed E-state index contributed by atoms with van der Waals surface area (Å²) < 4.78 is 22.7. The Hall–Kier alpha value is -0.620. The van der Waals surface area contributed by atoms with Crippen molar-refractivity contribution in [3.05, 3.63) is 0 Å². The van der Waals surface area contributed by atoms with E-state index < -0.39 is 9.84 Å². The Labute approximate surface area is 109 Å². The predicted molar refractivity (Wildman–Crippen MR) is 70.0 cm³/mol. The van der Waals surface area contributed by atoms with Crippen LogP contribution < -0.4 is 10.6 Å². The molecule has 6 heteroatoms. The number of nitrogens with one attached hydrogen (secondary N) is 2. The SMILES string of the molecule is CC(NC(=O)C1CCS(=O)(=O)C1)C1CCCCN1. The molecule has 5 nitrogen and oxygen atoms in total. The number of hydrogen-bond acceptors (Lipinski definition) is 4. The molecule has 0 radical (unpaired) electrons. The van der Waals surface area contributed by atoms with Crippen molar-refractivity contribution in [3.8, 4) is 0 Å². The first-order valence-corrected chi connectivity index (χ1v) is 8.54. The first-order chi connectivity index (χ1) is 8.48. The van der Waals surface area contributed by atoms with Gasteiger partial charge in [-0.3, -0.25) is 4.79 Å². The highest BCUT2D eigenvalue weighted by Crippen LogP contribution is 2.19. The first kappa shape index (κ1) is 13.8. The summed E-state index contributed by atoms with van der Waals surface area (Å²) in [4.78, 5) is 12.0. The molecule has 1 amide bonds. The molecule has 0 aliphatic carbocycles. The summed E-state index contributed by atoms with van der Waals surface area (Å²) in [6, 6.07) is 0.391. The highest BCUT2D eigenvalue weighted by Gasteiger charge is 2.34. The molecule has 3 unspecified atom stereocenters. The van der Waals surface area contributed by atoms with E-state index in [2.05, 4.69) is 10.6 Å². The van der Waals surface area contributed by atoms with Crippen molar-refractivity contribution in [2.24, 2.45) is 5.92 Å². The van der Waals surface area contributed by atoms with Gasteiger partial charge < -0.3 is 10.6 Å². The highest BCUT2D eigenvalue weighted by molar-refractivity contribution is 7.91. The predicted octanol–water partition coefficient (Wildman–Crippen LogP) is 0.0679. The number of hydrogen-bond donors (Lipinski definition) is 2. The van der Waals surface area contributed by atoms with E-state index in [-0.39, 0.29) is 29.4 Å². The van der Waals surface area contributed by atoms with Crippen LogP contribution in [0.3, 0.4) is 0 Å². The van der Waals surface area contributed by atoms with Gasteiger partial charge in [0.15, 0.2) is 9.84 Å². The Morgan fingerprint density at radius 3 is 2.67 bits per heavy atom. The van der Waals surface area contributed by atoms with Gasteiger partial charge in [0.1, 0.15) is 0 Å². The summed E-state index contributed by atoms with van der Waals surface area (Å²) in [6.45, 7) is 2.99. The Morgan fingerprint density at radius 2 is 2.11 bits per heavy atom. The maximum Gasteiger partial charge on any atom is 0.224 e. The smallest absolute Gasteiger partial charge is 0.224 e. The van der Waals surface area contributed by atoms with E-state index in [9.17, 15) is 13.2 Å². The summed E-state index contributed by atoms with van der Waals surface area (Å²) in [7, 11) is -2.98. The van der Waals surface area contributed by atoms with E-state index in [1.54, 1.807) is 0 Å². The van der Waals surface area contributed by atoms with Crippen LogP contribution in [0.25, 0.3) is 0 Å². The van der Waals surface area contributed by atoms with Gasteiger partial charge in [-0.05, 0) is 32.7 Å². The Kier molecular flexibility index (Phi) is 4.27. The minimum Gasteiger partial charge on any atom is -0.352 e. The third-order valence-electron chi connectivity index (χ3n) is 3.93. The molecule has 0 spiro atoms. The molecule has 2 rings (SSSR count). The van der Waals surface area contributed by atoms with Crippen molar-refractivity contribution < 1.29 is 13.2 Å². The van der Waals surface area contributed by atoms with E-state index in [4.69, 9.17) is 0 Å². The second kappa shape index (κ2) is 5.57. The fourth-order valence-electron chi connectivity index (χ4n) is 2.75. The lowest BCUT2D eigenvalue weighted by atomic mass is 9.98. The lowest BCUT2D eigenvalue weighted by Gasteiger charge is -2.30. The van der Waals surface area contributed by atoms with Gasteiger partial charge in [0, 0.05) is 12.1 Å². The van der Waals surface area contributed by atoms with Crippen molar-refractivity contribution in [2.45, 2.75) is 44.7 Å². The highest BCUT2D eigenvalue weighted by atomic mass is 32.2. The minimum atomic E-state index is -2.98. The molecule has 3 atom stereocenters. The maximum absolute atomic E-state index is 12.0. The third-order valence-corrected chi connectivity index (χ3v) is 5.69. The summed E-state index contributed by atoms with van der Waals surface area (Å²) in [5.74, 6) is -0.276. The number of carbonyl (C=O) groups is 1. The number of sulfone groups is 1. The van der Waals surface area contributed by atoms with Crippen LogP contribution in [0.4, 0.5) is 0 Å². The molecule has 0 aromatic rings. The fraction of sp³-hybridized carbons (Fsp3) is 0.917. The molecule has 2 aliphatic rings. The van der Waals surface area contributed by atoms with Crippen molar-refractivity contribution in [3.63, 3.8) is 0 Å². The molecule has 2 fully saturated rings. The summed E-state index contributed by atoms with van der Waals surface area (Å²) in [5, 5.41) is 6.36. The second-order valence-corrected chi connectivity index (χ2v) is 7.68. The zero-order valence-electron chi connectivity index (χ0n) is 10.8. The molecule has 0 saturated carbocycles. The maximum atomic E-state index is 12.0. The fourth-order valence-corrected chi connectivity index (χ4v) is 4.49. The Balaban J connectivity index is 1.83. The molecule has 2 aliphatic heterocycles. The molecule has 2 N–H and O–H groups in total. The van der Waals surface area contributed by atoms with E-state index >= 15 is 0 Å². The van der Waals surface area contributed by atoms with Crippen LogP contribution >= 0.6 is 0 Å². The number of amides is 1. The third kappa shape index (κ3) is 3.45. The lowest BCUT2D eigenvalue weighted by molar-refractivity contribution is -0.125. The van der Waals surface area contributed by atoms with Gasteiger partial charge in [-0.25, -0.2) is 8.42 Å². The van der Waals surface area contributed by atoms with E-state index in [0.29, 0.717) is 12.5 Å². The van der Waals surface area contributed by atoms with Crippen molar-refractivity contribution >= 4 is 15.7 Å². The molecule has 0 bridgehead atoms. The number of carbonyl (C=O) groups excluding carboxylic acids is 1. The normalized spacial score (nSPS) is 32.9. The zero-order chi connectivity index (χ0) is 13.2. The molecule has 18 heavy (non-hydrogen) atoms. The van der Waals surface area contributed by atoms with Crippen LogP contribution in [0.5, 0.6) is 0 Å². The molecule has 0 aromatic heterocycles. The van der Waals surface area contributed by atoms with Gasteiger partial charge in [-0.15, -0.1) is 0 Å². The molecule has 104 valence electrons. The number of piperidine rings is 1. The second-order valence-electron chi connectivity index (χ2n) is 5.45. The van der Waals surface area contributed by atoms with Crippen LogP contribution in [0, 0.1) is 5.92 Å². The van der Waals surface area contributed by atoms with E-state index in [1.807, 2.05) is 6.92 Å². The monoisotopic (exact) mass is 274 g/mol. The first-order valence-electron chi connectivity index (χ1n) is 6.72. The van der Waals surface area contributed by atoms with E-state index in [1.165, 1.54) is 12.8 Å². The average Bonchev–Trinajstić information content (AvgIpc) is 2.71. The van der Waals surface area contributed by atoms with Crippen molar-refractivity contribution in [2.75, 3.05) is 18.1 Å². The van der Waals surface area contributed by atoms with E-state index in [0.717, 1.165) is 13.0 Å². The van der Waals surface area contributed by atoms with Gasteiger partial charge in [-0.1, -0.05) is 6.42 Å². The van der Waals surface area contributed by atoms with Crippen molar-refractivity contribution in [1.29, 1.82) is 0 Å². The van der Waals surface area contributed by atoms with Gasteiger partial charge in [0.2, 0.25) is 5.91 Å². The van der Waals surface area contributed by atoms with Gasteiger partial charge in [0.25, 0.3) is 0 Å². The largest absolute Gasteiger partial charge is 0.352 e. The average molecular weight is 274 g/mol.